The molecule has 2 bridgehead atoms. The highest BCUT2D eigenvalue weighted by Crippen LogP contribution is 2.48. The molecule has 0 aromatic carbocycles. The summed E-state index contributed by atoms with van der Waals surface area (Å²) in [6.07, 6.45) is 3.99. The Morgan fingerprint density at radius 3 is 2.50 bits per heavy atom. The smallest absolute Gasteiger partial charge is 0.315 e. The predicted octanol–water partition coefficient (Wildman–Crippen LogP) is 2.22. The summed E-state index contributed by atoms with van der Waals surface area (Å²) in [5, 5.41) is 15.2. The Bertz CT molecular complexity index is 385. The number of nitrogens with one attached hydrogen (secondary N) is 2. The SMILES string of the molecule is CCC(C)C(C)NC(=O)NC1C2CCC(C2)C1C(=O)O. The molecular formula is C15H26N2O3. The number of carbonyl (C=O) groups excluding carboxylic acids is 1. The maximum atomic E-state index is 12.1. The maximum absolute atomic E-state index is 12.1. The zero-order valence-corrected chi connectivity index (χ0v) is 12.6. The molecule has 2 rings (SSSR count). The van der Waals surface area contributed by atoms with Crippen LogP contribution in [-0.4, -0.2) is 29.2 Å². The Balaban J connectivity index is 1.92. The quantitative estimate of drug-likeness (QED) is 0.723. The first-order valence-corrected chi connectivity index (χ1v) is 7.73. The van der Waals surface area contributed by atoms with Crippen molar-refractivity contribution in [1.82, 2.24) is 10.6 Å². The van der Waals surface area contributed by atoms with Gasteiger partial charge in [-0.25, -0.2) is 4.79 Å². The fourth-order valence-electron chi connectivity index (χ4n) is 3.75. The number of amides is 2. The number of fused-ring (bicyclic) bond motifs is 2. The number of aliphatic carboxylic acids is 1. The average Bonchev–Trinajstić information content (AvgIpc) is 2.97. The van der Waals surface area contributed by atoms with Crippen molar-refractivity contribution in [2.24, 2.45) is 23.7 Å². The summed E-state index contributed by atoms with van der Waals surface area (Å²) in [4.78, 5) is 23.4. The van der Waals surface area contributed by atoms with Crippen molar-refractivity contribution in [3.05, 3.63) is 0 Å². The van der Waals surface area contributed by atoms with E-state index in [-0.39, 0.29) is 24.0 Å². The van der Waals surface area contributed by atoms with Gasteiger partial charge in [-0.05, 0) is 43.9 Å². The molecule has 0 aromatic rings. The van der Waals surface area contributed by atoms with E-state index in [1.807, 2.05) is 6.92 Å². The highest BCUT2D eigenvalue weighted by molar-refractivity contribution is 5.77. The molecule has 114 valence electrons. The highest BCUT2D eigenvalue weighted by atomic mass is 16.4. The van der Waals surface area contributed by atoms with Crippen molar-refractivity contribution in [1.29, 1.82) is 0 Å². The summed E-state index contributed by atoms with van der Waals surface area (Å²) in [5.74, 6) is -0.174. The molecule has 2 aliphatic carbocycles. The number of hydrogen-bond acceptors (Lipinski definition) is 2. The van der Waals surface area contributed by atoms with Gasteiger partial charge in [-0.2, -0.15) is 0 Å². The summed E-state index contributed by atoms with van der Waals surface area (Å²) >= 11 is 0. The third-order valence-corrected chi connectivity index (χ3v) is 5.36. The molecule has 0 heterocycles. The van der Waals surface area contributed by atoms with Crippen molar-refractivity contribution in [3.8, 4) is 0 Å². The molecule has 5 heteroatoms. The third kappa shape index (κ3) is 2.91. The minimum Gasteiger partial charge on any atom is -0.481 e. The van der Waals surface area contributed by atoms with Gasteiger partial charge >= 0.3 is 12.0 Å². The first-order chi connectivity index (χ1) is 9.43. The molecule has 6 atom stereocenters. The number of rotatable bonds is 5. The van der Waals surface area contributed by atoms with E-state index in [4.69, 9.17) is 0 Å². The maximum Gasteiger partial charge on any atom is 0.315 e. The van der Waals surface area contributed by atoms with Crippen LogP contribution >= 0.6 is 0 Å². The average molecular weight is 282 g/mol. The van der Waals surface area contributed by atoms with Gasteiger partial charge in [0.15, 0.2) is 0 Å². The fourth-order valence-corrected chi connectivity index (χ4v) is 3.75. The predicted molar refractivity (Wildman–Crippen MR) is 76.3 cm³/mol. The molecule has 2 amide bonds. The van der Waals surface area contributed by atoms with Crippen molar-refractivity contribution in [2.75, 3.05) is 0 Å². The van der Waals surface area contributed by atoms with E-state index in [1.165, 1.54) is 0 Å². The minimum absolute atomic E-state index is 0.0990. The lowest BCUT2D eigenvalue weighted by Crippen LogP contribution is -2.52. The fraction of sp³-hybridized carbons (Fsp3) is 0.867. The van der Waals surface area contributed by atoms with Crippen LogP contribution in [0.1, 0.15) is 46.5 Å². The molecule has 0 aromatic heterocycles. The van der Waals surface area contributed by atoms with E-state index >= 15 is 0 Å². The Morgan fingerprint density at radius 1 is 1.25 bits per heavy atom. The van der Waals surface area contributed by atoms with E-state index in [0.29, 0.717) is 11.8 Å². The summed E-state index contributed by atoms with van der Waals surface area (Å²) in [5.41, 5.74) is 0. The summed E-state index contributed by atoms with van der Waals surface area (Å²) < 4.78 is 0. The van der Waals surface area contributed by atoms with Gasteiger partial charge in [0.25, 0.3) is 0 Å². The van der Waals surface area contributed by atoms with Gasteiger partial charge in [0.1, 0.15) is 0 Å². The third-order valence-electron chi connectivity index (χ3n) is 5.36. The van der Waals surface area contributed by atoms with E-state index < -0.39 is 11.9 Å². The number of carboxylic acid groups (broad SMARTS) is 1. The van der Waals surface area contributed by atoms with E-state index in [1.54, 1.807) is 0 Å². The first-order valence-electron chi connectivity index (χ1n) is 7.73. The Labute approximate surface area is 120 Å². The van der Waals surface area contributed by atoms with Crippen molar-refractivity contribution >= 4 is 12.0 Å². The normalized spacial score (nSPS) is 34.5. The van der Waals surface area contributed by atoms with Crippen molar-refractivity contribution < 1.29 is 14.7 Å². The lowest BCUT2D eigenvalue weighted by Gasteiger charge is -2.30. The molecule has 20 heavy (non-hydrogen) atoms. The largest absolute Gasteiger partial charge is 0.481 e. The number of urea groups is 1. The van der Waals surface area contributed by atoms with Gasteiger partial charge in [-0.3, -0.25) is 4.79 Å². The van der Waals surface area contributed by atoms with Crippen LogP contribution in [0.2, 0.25) is 0 Å². The van der Waals surface area contributed by atoms with Crippen LogP contribution in [0.15, 0.2) is 0 Å². The molecular weight excluding hydrogens is 256 g/mol. The lowest BCUT2D eigenvalue weighted by atomic mass is 9.84. The molecule has 0 aliphatic heterocycles. The Kier molecular flexibility index (Phi) is 4.55. The molecule has 0 radical (unpaired) electrons. The van der Waals surface area contributed by atoms with Crippen LogP contribution in [0.5, 0.6) is 0 Å². The molecule has 2 saturated carbocycles. The van der Waals surface area contributed by atoms with Crippen LogP contribution in [-0.2, 0) is 4.79 Å². The van der Waals surface area contributed by atoms with Crippen LogP contribution in [0.4, 0.5) is 4.79 Å². The first kappa shape index (κ1) is 15.1. The molecule has 5 nitrogen and oxygen atoms in total. The molecule has 0 saturated heterocycles. The number of carbonyl (C=O) groups is 2. The standard InChI is InChI=1S/C15H26N2O3/c1-4-8(2)9(3)16-15(20)17-13-11-6-5-10(7-11)12(13)14(18)19/h8-13H,4-7H2,1-3H3,(H,18,19)(H2,16,17,20). The minimum atomic E-state index is -0.766. The summed E-state index contributed by atoms with van der Waals surface area (Å²) in [6, 6.07) is -0.321. The van der Waals surface area contributed by atoms with Gasteiger partial charge in [-0.1, -0.05) is 20.3 Å². The second kappa shape index (κ2) is 6.02. The van der Waals surface area contributed by atoms with E-state index in [2.05, 4.69) is 24.5 Å². The van der Waals surface area contributed by atoms with Crippen LogP contribution < -0.4 is 10.6 Å². The second-order valence-electron chi connectivity index (χ2n) is 6.52. The molecule has 2 fully saturated rings. The van der Waals surface area contributed by atoms with Crippen molar-refractivity contribution in [2.45, 2.75) is 58.5 Å². The van der Waals surface area contributed by atoms with Crippen LogP contribution in [0, 0.1) is 23.7 Å². The summed E-state index contributed by atoms with van der Waals surface area (Å²) in [7, 11) is 0. The zero-order chi connectivity index (χ0) is 14.9. The van der Waals surface area contributed by atoms with Gasteiger partial charge in [0.2, 0.25) is 0 Å². The Hall–Kier alpha value is -1.26. The monoisotopic (exact) mass is 282 g/mol. The van der Waals surface area contributed by atoms with Crippen molar-refractivity contribution in [3.63, 3.8) is 0 Å². The van der Waals surface area contributed by atoms with Gasteiger partial charge in [0, 0.05) is 12.1 Å². The Morgan fingerprint density at radius 2 is 1.90 bits per heavy atom. The van der Waals surface area contributed by atoms with Gasteiger partial charge in [-0.15, -0.1) is 0 Å². The van der Waals surface area contributed by atoms with Crippen LogP contribution in [0.25, 0.3) is 0 Å². The topological polar surface area (TPSA) is 78.4 Å². The number of hydrogen-bond donors (Lipinski definition) is 3. The molecule has 6 unspecified atom stereocenters. The molecule has 2 aliphatic rings. The van der Waals surface area contributed by atoms with Gasteiger partial charge < -0.3 is 15.7 Å². The lowest BCUT2D eigenvalue weighted by molar-refractivity contribution is -0.144. The second-order valence-corrected chi connectivity index (χ2v) is 6.52. The van der Waals surface area contributed by atoms with Crippen LogP contribution in [0.3, 0.4) is 0 Å². The molecule has 0 spiro atoms. The van der Waals surface area contributed by atoms with Gasteiger partial charge in [0.05, 0.1) is 5.92 Å². The molecule has 3 N–H and O–H groups in total. The highest BCUT2D eigenvalue weighted by Gasteiger charge is 2.51. The number of carboxylic acids is 1. The zero-order valence-electron chi connectivity index (χ0n) is 12.6. The van der Waals surface area contributed by atoms with E-state index in [9.17, 15) is 14.7 Å². The summed E-state index contributed by atoms with van der Waals surface area (Å²) in [6.45, 7) is 6.18. The van der Waals surface area contributed by atoms with E-state index in [0.717, 1.165) is 25.7 Å².